The number of rotatable bonds is 2. The fourth-order valence-electron chi connectivity index (χ4n) is 1.42. The van der Waals surface area contributed by atoms with Gasteiger partial charge in [-0.1, -0.05) is 6.07 Å². The van der Waals surface area contributed by atoms with Crippen LogP contribution in [0.15, 0.2) is 24.5 Å². The van der Waals surface area contributed by atoms with Gasteiger partial charge in [0.25, 0.3) is 0 Å². The molecule has 0 aliphatic carbocycles. The molecule has 15 heavy (non-hydrogen) atoms. The third-order valence-electron chi connectivity index (χ3n) is 2.20. The number of fused-ring (bicyclic) bond motifs is 1. The van der Waals surface area contributed by atoms with Crippen molar-refractivity contribution in [2.24, 2.45) is 0 Å². The van der Waals surface area contributed by atoms with Crippen molar-refractivity contribution in [2.45, 2.75) is 6.54 Å². The highest BCUT2D eigenvalue weighted by molar-refractivity contribution is 6.62. The fourth-order valence-corrected chi connectivity index (χ4v) is 1.48. The molecule has 0 aliphatic heterocycles. The second-order valence-corrected chi connectivity index (χ2v) is 3.69. The van der Waals surface area contributed by atoms with E-state index in [2.05, 4.69) is 9.97 Å². The molecule has 0 saturated carbocycles. The summed E-state index contributed by atoms with van der Waals surface area (Å²) in [6.07, 6.45) is 1.64. The Morgan fingerprint density at radius 1 is 1.60 bits per heavy atom. The molecule has 0 radical (unpaired) electrons. The second kappa shape index (κ2) is 3.90. The van der Waals surface area contributed by atoms with E-state index in [4.69, 9.17) is 11.6 Å². The second-order valence-electron chi connectivity index (χ2n) is 3.36. The van der Waals surface area contributed by atoms with E-state index in [1.807, 2.05) is 18.2 Å². The van der Waals surface area contributed by atoms with Crippen molar-refractivity contribution in [3.05, 3.63) is 30.1 Å². The first-order valence-electron chi connectivity index (χ1n) is 4.49. The fraction of sp³-hybridized carbons (Fsp3) is 0.200. The summed E-state index contributed by atoms with van der Waals surface area (Å²) in [6, 6.07) is 5.80. The summed E-state index contributed by atoms with van der Waals surface area (Å²) in [4.78, 5) is 19.4. The predicted octanol–water partition coefficient (Wildman–Crippen LogP) is 2.35. The lowest BCUT2D eigenvalue weighted by Gasteiger charge is -2.12. The third kappa shape index (κ3) is 2.10. The van der Waals surface area contributed by atoms with Crippen molar-refractivity contribution in [1.29, 1.82) is 0 Å². The van der Waals surface area contributed by atoms with Gasteiger partial charge >= 0.3 is 5.37 Å². The lowest BCUT2D eigenvalue weighted by atomic mass is 10.2. The normalized spacial score (nSPS) is 10.5. The molecule has 0 bridgehead atoms. The van der Waals surface area contributed by atoms with Crippen molar-refractivity contribution in [3.63, 3.8) is 0 Å². The SMILES string of the molecule is CN(Cc1ccc2nc[nH]c2c1)C(=O)Cl. The zero-order valence-corrected chi connectivity index (χ0v) is 8.95. The highest BCUT2D eigenvalue weighted by atomic mass is 35.5. The highest BCUT2D eigenvalue weighted by Gasteiger charge is 2.06. The van der Waals surface area contributed by atoms with Crippen LogP contribution in [0.2, 0.25) is 0 Å². The number of hydrogen-bond acceptors (Lipinski definition) is 2. The van der Waals surface area contributed by atoms with Crippen LogP contribution in [-0.2, 0) is 6.54 Å². The third-order valence-corrected chi connectivity index (χ3v) is 2.49. The monoisotopic (exact) mass is 223 g/mol. The minimum Gasteiger partial charge on any atom is -0.345 e. The minimum absolute atomic E-state index is 0.459. The Labute approximate surface area is 91.9 Å². The number of nitrogens with zero attached hydrogens (tertiary/aromatic N) is 2. The van der Waals surface area contributed by atoms with Gasteiger partial charge in [0.1, 0.15) is 0 Å². The molecule has 78 valence electrons. The molecule has 2 aromatic rings. The summed E-state index contributed by atoms with van der Waals surface area (Å²) in [5, 5.41) is -0.459. The standard InChI is InChI=1S/C10H10ClN3O/c1-14(10(11)15)5-7-2-3-8-9(4-7)13-6-12-8/h2-4,6H,5H2,1H3,(H,12,13). The van der Waals surface area contributed by atoms with Crippen molar-refractivity contribution >= 4 is 28.0 Å². The van der Waals surface area contributed by atoms with E-state index in [1.54, 1.807) is 13.4 Å². The average Bonchev–Trinajstić information content (AvgIpc) is 2.64. The summed E-state index contributed by atoms with van der Waals surface area (Å²) in [6.45, 7) is 0.497. The van der Waals surface area contributed by atoms with Gasteiger partial charge in [-0.15, -0.1) is 0 Å². The number of hydrogen-bond donors (Lipinski definition) is 1. The maximum Gasteiger partial charge on any atom is 0.316 e. The van der Waals surface area contributed by atoms with Crippen LogP contribution in [-0.4, -0.2) is 27.3 Å². The average molecular weight is 224 g/mol. The zero-order valence-electron chi connectivity index (χ0n) is 8.20. The number of H-pyrrole nitrogens is 1. The van der Waals surface area contributed by atoms with Crippen LogP contribution in [0.4, 0.5) is 4.79 Å². The van der Waals surface area contributed by atoms with Gasteiger partial charge < -0.3 is 9.88 Å². The molecule has 0 saturated heterocycles. The van der Waals surface area contributed by atoms with Crippen LogP contribution in [0.1, 0.15) is 5.56 Å². The Kier molecular flexibility index (Phi) is 2.60. The Hall–Kier alpha value is -1.55. The molecule has 0 atom stereocenters. The zero-order chi connectivity index (χ0) is 10.8. The largest absolute Gasteiger partial charge is 0.345 e. The Morgan fingerprint density at radius 3 is 3.13 bits per heavy atom. The van der Waals surface area contributed by atoms with Gasteiger partial charge in [-0.3, -0.25) is 4.79 Å². The van der Waals surface area contributed by atoms with Crippen LogP contribution in [0.5, 0.6) is 0 Å². The van der Waals surface area contributed by atoms with Crippen LogP contribution in [0, 0.1) is 0 Å². The minimum atomic E-state index is -0.459. The van der Waals surface area contributed by atoms with Gasteiger partial charge in [-0.25, -0.2) is 4.98 Å². The van der Waals surface area contributed by atoms with Crippen molar-refractivity contribution in [2.75, 3.05) is 7.05 Å². The highest BCUT2D eigenvalue weighted by Crippen LogP contribution is 2.13. The molecular formula is C10H10ClN3O. The van der Waals surface area contributed by atoms with Gasteiger partial charge in [0.15, 0.2) is 0 Å². The van der Waals surface area contributed by atoms with E-state index in [0.29, 0.717) is 6.54 Å². The molecule has 1 heterocycles. The van der Waals surface area contributed by atoms with Crippen molar-refractivity contribution in [3.8, 4) is 0 Å². The lowest BCUT2D eigenvalue weighted by Crippen LogP contribution is -2.19. The molecule has 0 aliphatic rings. The maximum absolute atomic E-state index is 10.8. The van der Waals surface area contributed by atoms with Crippen LogP contribution < -0.4 is 0 Å². The van der Waals surface area contributed by atoms with Gasteiger partial charge in [-0.2, -0.15) is 0 Å². The number of aromatic amines is 1. The molecule has 1 amide bonds. The quantitative estimate of drug-likeness (QED) is 0.628. The lowest BCUT2D eigenvalue weighted by molar-refractivity contribution is 0.230. The van der Waals surface area contributed by atoms with E-state index in [-0.39, 0.29) is 0 Å². The van der Waals surface area contributed by atoms with Crippen molar-refractivity contribution in [1.82, 2.24) is 14.9 Å². The predicted molar refractivity (Wildman–Crippen MR) is 58.8 cm³/mol. The molecular weight excluding hydrogens is 214 g/mol. The number of amides is 1. The Bertz CT molecular complexity index is 494. The number of imidazole rings is 1. The summed E-state index contributed by atoms with van der Waals surface area (Å²) >= 11 is 5.34. The number of nitrogens with one attached hydrogen (secondary N) is 1. The van der Waals surface area contributed by atoms with E-state index < -0.39 is 5.37 Å². The molecule has 1 aromatic heterocycles. The van der Waals surface area contributed by atoms with Crippen LogP contribution >= 0.6 is 11.6 Å². The number of halogens is 1. The first kappa shape index (κ1) is 9.98. The van der Waals surface area contributed by atoms with Crippen LogP contribution in [0.3, 0.4) is 0 Å². The first-order chi connectivity index (χ1) is 7.16. The summed E-state index contributed by atoms with van der Waals surface area (Å²) in [5.41, 5.74) is 2.89. The molecule has 1 N–H and O–H groups in total. The van der Waals surface area contributed by atoms with Crippen molar-refractivity contribution < 1.29 is 4.79 Å². The number of carbonyl (C=O) groups excluding carboxylic acids is 1. The van der Waals surface area contributed by atoms with Gasteiger partial charge in [0.2, 0.25) is 0 Å². The van der Waals surface area contributed by atoms with Gasteiger partial charge in [0, 0.05) is 13.6 Å². The molecule has 1 aromatic carbocycles. The molecule has 2 rings (SSSR count). The maximum atomic E-state index is 10.8. The molecule has 5 heteroatoms. The van der Waals surface area contributed by atoms with E-state index in [1.165, 1.54) is 4.90 Å². The summed E-state index contributed by atoms with van der Waals surface area (Å²) in [7, 11) is 1.66. The van der Waals surface area contributed by atoms with Gasteiger partial charge in [-0.05, 0) is 29.3 Å². The molecule has 0 spiro atoms. The number of carbonyl (C=O) groups is 1. The van der Waals surface area contributed by atoms with E-state index >= 15 is 0 Å². The number of benzene rings is 1. The topological polar surface area (TPSA) is 49.0 Å². The molecule has 4 nitrogen and oxygen atoms in total. The summed E-state index contributed by atoms with van der Waals surface area (Å²) in [5.74, 6) is 0. The Balaban J connectivity index is 2.24. The smallest absolute Gasteiger partial charge is 0.316 e. The summed E-state index contributed by atoms with van der Waals surface area (Å²) < 4.78 is 0. The molecule has 0 unspecified atom stereocenters. The molecule has 0 fully saturated rings. The Morgan fingerprint density at radius 2 is 2.40 bits per heavy atom. The first-order valence-corrected chi connectivity index (χ1v) is 4.87. The van der Waals surface area contributed by atoms with E-state index in [9.17, 15) is 4.79 Å². The van der Waals surface area contributed by atoms with Crippen LogP contribution in [0.25, 0.3) is 11.0 Å². The van der Waals surface area contributed by atoms with E-state index in [0.717, 1.165) is 16.6 Å². The van der Waals surface area contributed by atoms with Gasteiger partial charge in [0.05, 0.1) is 17.4 Å². The number of aromatic nitrogens is 2.